The van der Waals surface area contributed by atoms with Crippen LogP contribution in [0.2, 0.25) is 0 Å². The molecule has 2 aromatic rings. The Morgan fingerprint density at radius 3 is 2.65 bits per heavy atom. The molecular formula is C21H31N3O2. The van der Waals surface area contributed by atoms with Gasteiger partial charge >= 0.3 is 0 Å². The van der Waals surface area contributed by atoms with Crippen LogP contribution in [0.5, 0.6) is 5.75 Å². The summed E-state index contributed by atoms with van der Waals surface area (Å²) in [5.74, 6) is 1.51. The van der Waals surface area contributed by atoms with Crippen molar-refractivity contribution in [2.75, 3.05) is 13.2 Å². The SMILES string of the molecule is Cc1nn(CC(C)C)c(C)c1CCC(=O)NCCCOc1ccccc1. The number of carbonyl (C=O) groups is 1. The van der Waals surface area contributed by atoms with E-state index < -0.39 is 0 Å². The highest BCUT2D eigenvalue weighted by Gasteiger charge is 2.13. The van der Waals surface area contributed by atoms with E-state index in [1.54, 1.807) is 0 Å². The van der Waals surface area contributed by atoms with E-state index in [1.165, 1.54) is 11.3 Å². The Hall–Kier alpha value is -2.30. The standard InChI is InChI=1S/C21H31N3O2/c1-16(2)15-24-18(4)20(17(3)23-24)11-12-21(25)22-13-8-14-26-19-9-6-5-7-10-19/h5-7,9-10,16H,8,11-15H2,1-4H3,(H,22,25). The van der Waals surface area contributed by atoms with E-state index in [0.717, 1.165) is 30.8 Å². The molecular weight excluding hydrogens is 326 g/mol. The summed E-state index contributed by atoms with van der Waals surface area (Å²) in [6.45, 7) is 10.6. The van der Waals surface area contributed by atoms with Gasteiger partial charge in [0.1, 0.15) is 5.75 Å². The lowest BCUT2D eigenvalue weighted by Gasteiger charge is -2.09. The number of nitrogens with one attached hydrogen (secondary N) is 1. The molecule has 0 spiro atoms. The first-order valence-corrected chi connectivity index (χ1v) is 9.44. The van der Waals surface area contributed by atoms with Crippen molar-refractivity contribution in [3.05, 3.63) is 47.3 Å². The van der Waals surface area contributed by atoms with Gasteiger partial charge in [0.2, 0.25) is 5.91 Å². The van der Waals surface area contributed by atoms with Gasteiger partial charge in [-0.05, 0) is 50.3 Å². The Balaban J connectivity index is 1.68. The van der Waals surface area contributed by atoms with Crippen molar-refractivity contribution in [3.63, 3.8) is 0 Å². The molecule has 0 saturated heterocycles. The first-order chi connectivity index (χ1) is 12.5. The number of aromatic nitrogens is 2. The van der Waals surface area contributed by atoms with Gasteiger partial charge in [-0.2, -0.15) is 5.10 Å². The summed E-state index contributed by atoms with van der Waals surface area (Å²) in [6, 6.07) is 9.73. The third-order valence-corrected chi connectivity index (χ3v) is 4.33. The maximum absolute atomic E-state index is 12.1. The van der Waals surface area contributed by atoms with Crippen molar-refractivity contribution in [3.8, 4) is 5.75 Å². The molecule has 0 bridgehead atoms. The molecule has 0 aliphatic heterocycles. The highest BCUT2D eigenvalue weighted by atomic mass is 16.5. The van der Waals surface area contributed by atoms with Gasteiger partial charge in [0.15, 0.2) is 0 Å². The van der Waals surface area contributed by atoms with Crippen LogP contribution in [0.15, 0.2) is 30.3 Å². The summed E-state index contributed by atoms with van der Waals surface area (Å²) >= 11 is 0. The van der Waals surface area contributed by atoms with Gasteiger partial charge < -0.3 is 10.1 Å². The summed E-state index contributed by atoms with van der Waals surface area (Å²) in [5, 5.41) is 7.58. The van der Waals surface area contributed by atoms with Crippen LogP contribution in [0.25, 0.3) is 0 Å². The fourth-order valence-corrected chi connectivity index (χ4v) is 2.95. The topological polar surface area (TPSA) is 56.2 Å². The third kappa shape index (κ3) is 6.21. The van der Waals surface area contributed by atoms with Crippen molar-refractivity contribution < 1.29 is 9.53 Å². The molecule has 0 atom stereocenters. The van der Waals surface area contributed by atoms with E-state index in [0.29, 0.717) is 25.5 Å². The molecule has 1 heterocycles. The summed E-state index contributed by atoms with van der Waals surface area (Å²) in [4.78, 5) is 12.1. The van der Waals surface area contributed by atoms with Gasteiger partial charge in [-0.1, -0.05) is 32.0 Å². The summed E-state index contributed by atoms with van der Waals surface area (Å²) in [5.41, 5.74) is 3.42. The minimum absolute atomic E-state index is 0.0834. The largest absolute Gasteiger partial charge is 0.494 e. The van der Waals surface area contributed by atoms with Crippen LogP contribution in [-0.2, 0) is 17.8 Å². The number of benzene rings is 1. The first kappa shape index (κ1) is 20.0. The molecule has 0 saturated carbocycles. The number of rotatable bonds is 10. The zero-order valence-electron chi connectivity index (χ0n) is 16.4. The van der Waals surface area contributed by atoms with E-state index in [9.17, 15) is 4.79 Å². The number of para-hydroxylation sites is 1. The molecule has 0 aliphatic carbocycles. The predicted molar refractivity (Wildman–Crippen MR) is 104 cm³/mol. The Morgan fingerprint density at radius 2 is 1.96 bits per heavy atom. The zero-order chi connectivity index (χ0) is 18.9. The molecule has 1 aromatic carbocycles. The average molecular weight is 357 g/mol. The normalized spacial score (nSPS) is 11.0. The van der Waals surface area contributed by atoms with E-state index in [1.807, 2.05) is 37.3 Å². The van der Waals surface area contributed by atoms with Gasteiger partial charge in [0.25, 0.3) is 0 Å². The van der Waals surface area contributed by atoms with Gasteiger partial charge in [-0.25, -0.2) is 0 Å². The van der Waals surface area contributed by atoms with Crippen molar-refractivity contribution in [2.45, 2.75) is 53.5 Å². The number of hydrogen-bond donors (Lipinski definition) is 1. The minimum atomic E-state index is 0.0834. The third-order valence-electron chi connectivity index (χ3n) is 4.33. The van der Waals surface area contributed by atoms with Crippen molar-refractivity contribution in [1.82, 2.24) is 15.1 Å². The Bertz CT molecular complexity index is 693. The van der Waals surface area contributed by atoms with Crippen LogP contribution in [0.4, 0.5) is 0 Å². The average Bonchev–Trinajstić information content (AvgIpc) is 2.86. The van der Waals surface area contributed by atoms with Gasteiger partial charge in [-0.3, -0.25) is 9.48 Å². The van der Waals surface area contributed by atoms with E-state index >= 15 is 0 Å². The monoisotopic (exact) mass is 357 g/mol. The van der Waals surface area contributed by atoms with Crippen LogP contribution in [-0.4, -0.2) is 28.8 Å². The lowest BCUT2D eigenvalue weighted by atomic mass is 10.1. The second-order valence-electron chi connectivity index (χ2n) is 7.09. The number of carbonyl (C=O) groups excluding carboxylic acids is 1. The molecule has 142 valence electrons. The molecule has 0 fully saturated rings. The fraction of sp³-hybridized carbons (Fsp3) is 0.524. The number of hydrogen-bond acceptors (Lipinski definition) is 3. The lowest BCUT2D eigenvalue weighted by molar-refractivity contribution is -0.121. The number of nitrogens with zero attached hydrogens (tertiary/aromatic N) is 2. The van der Waals surface area contributed by atoms with E-state index in [4.69, 9.17) is 4.74 Å². The minimum Gasteiger partial charge on any atom is -0.494 e. The maximum Gasteiger partial charge on any atom is 0.220 e. The maximum atomic E-state index is 12.1. The molecule has 0 unspecified atom stereocenters. The molecule has 1 N–H and O–H groups in total. The Morgan fingerprint density at radius 1 is 1.23 bits per heavy atom. The van der Waals surface area contributed by atoms with Crippen LogP contribution < -0.4 is 10.1 Å². The quantitative estimate of drug-likeness (QED) is 0.660. The number of ether oxygens (including phenoxy) is 1. The zero-order valence-corrected chi connectivity index (χ0v) is 16.4. The molecule has 2 rings (SSSR count). The second kappa shape index (κ2) is 10.00. The van der Waals surface area contributed by atoms with Crippen LogP contribution in [0.1, 0.15) is 43.6 Å². The Kier molecular flexibility index (Phi) is 7.70. The summed E-state index contributed by atoms with van der Waals surface area (Å²) in [7, 11) is 0. The molecule has 5 heteroatoms. The van der Waals surface area contributed by atoms with Gasteiger partial charge in [0, 0.05) is 25.2 Å². The number of aryl methyl sites for hydroxylation is 1. The molecule has 1 amide bonds. The van der Waals surface area contributed by atoms with E-state index in [-0.39, 0.29) is 5.91 Å². The molecule has 5 nitrogen and oxygen atoms in total. The molecule has 26 heavy (non-hydrogen) atoms. The van der Waals surface area contributed by atoms with Gasteiger partial charge in [0.05, 0.1) is 12.3 Å². The van der Waals surface area contributed by atoms with Crippen LogP contribution in [0, 0.1) is 19.8 Å². The highest BCUT2D eigenvalue weighted by molar-refractivity contribution is 5.76. The highest BCUT2D eigenvalue weighted by Crippen LogP contribution is 2.16. The number of amides is 1. The first-order valence-electron chi connectivity index (χ1n) is 9.44. The second-order valence-corrected chi connectivity index (χ2v) is 7.09. The summed E-state index contributed by atoms with van der Waals surface area (Å²) < 4.78 is 7.68. The van der Waals surface area contributed by atoms with Crippen LogP contribution >= 0.6 is 0 Å². The smallest absolute Gasteiger partial charge is 0.220 e. The summed E-state index contributed by atoms with van der Waals surface area (Å²) in [6.07, 6.45) is 2.03. The van der Waals surface area contributed by atoms with Crippen LogP contribution in [0.3, 0.4) is 0 Å². The van der Waals surface area contributed by atoms with Crippen molar-refractivity contribution >= 4 is 5.91 Å². The molecule has 1 aromatic heterocycles. The molecule has 0 aliphatic rings. The van der Waals surface area contributed by atoms with Crippen molar-refractivity contribution in [2.24, 2.45) is 5.92 Å². The predicted octanol–water partition coefficient (Wildman–Crippen LogP) is 3.67. The Labute approximate surface area is 156 Å². The van der Waals surface area contributed by atoms with Gasteiger partial charge in [-0.15, -0.1) is 0 Å². The van der Waals surface area contributed by atoms with Crippen molar-refractivity contribution in [1.29, 1.82) is 0 Å². The lowest BCUT2D eigenvalue weighted by Crippen LogP contribution is -2.25. The fourth-order valence-electron chi connectivity index (χ4n) is 2.95. The molecule has 0 radical (unpaired) electrons. The van der Waals surface area contributed by atoms with E-state index in [2.05, 4.69) is 35.9 Å².